The van der Waals surface area contributed by atoms with Gasteiger partial charge in [0.15, 0.2) is 11.5 Å². The maximum atomic E-state index is 5.98. The number of aromatic nitrogens is 2. The third-order valence-corrected chi connectivity index (χ3v) is 6.30. The summed E-state index contributed by atoms with van der Waals surface area (Å²) in [5.74, 6) is 2.40. The van der Waals surface area contributed by atoms with E-state index in [1.807, 2.05) is 72.8 Å². The molecular weight excluding hydrogens is 472 g/mol. The Bertz CT molecular complexity index is 1360. The Labute approximate surface area is 224 Å². The van der Waals surface area contributed by atoms with Crippen molar-refractivity contribution in [3.8, 4) is 34.0 Å². The fraction of sp³-hybridized carbons (Fsp3) is 0.182. The van der Waals surface area contributed by atoms with E-state index in [2.05, 4.69) is 41.4 Å². The highest BCUT2D eigenvalue weighted by atomic mass is 16.5. The van der Waals surface area contributed by atoms with Crippen molar-refractivity contribution in [2.45, 2.75) is 26.1 Å². The quantitative estimate of drug-likeness (QED) is 0.179. The smallest absolute Gasteiger partial charge is 0.161 e. The van der Waals surface area contributed by atoms with Crippen molar-refractivity contribution < 1.29 is 14.2 Å². The molecule has 5 nitrogen and oxygen atoms in total. The van der Waals surface area contributed by atoms with Crippen LogP contribution in [-0.4, -0.2) is 23.7 Å². The predicted octanol–water partition coefficient (Wildman–Crippen LogP) is 7.48. The third-order valence-electron chi connectivity index (χ3n) is 6.30. The van der Waals surface area contributed by atoms with Crippen molar-refractivity contribution in [1.29, 1.82) is 0 Å². The summed E-state index contributed by atoms with van der Waals surface area (Å²) in [5, 5.41) is 0. The molecule has 5 rings (SSSR count). The molecule has 0 saturated carbocycles. The van der Waals surface area contributed by atoms with E-state index in [9.17, 15) is 0 Å². The number of hydrogen-bond acceptors (Lipinski definition) is 4. The SMILES string of the molecule is COc1cc(COCCCc2nc(-c3ccccc3)c(-c3ccccc3)[nH]2)ccc1OCc1ccccc1. The van der Waals surface area contributed by atoms with Crippen LogP contribution in [0.2, 0.25) is 0 Å². The minimum atomic E-state index is 0.498. The first-order valence-electron chi connectivity index (χ1n) is 12.9. The lowest BCUT2D eigenvalue weighted by Crippen LogP contribution is -2.01. The molecule has 1 N–H and O–H groups in total. The summed E-state index contributed by atoms with van der Waals surface area (Å²) in [5.41, 5.74) is 6.43. The van der Waals surface area contributed by atoms with Gasteiger partial charge in [-0.3, -0.25) is 0 Å². The summed E-state index contributed by atoms with van der Waals surface area (Å²) < 4.78 is 17.5. The number of imidazole rings is 1. The fourth-order valence-electron chi connectivity index (χ4n) is 4.35. The van der Waals surface area contributed by atoms with Crippen LogP contribution in [-0.2, 0) is 24.4 Å². The first-order chi connectivity index (χ1) is 18.8. The summed E-state index contributed by atoms with van der Waals surface area (Å²) in [6.07, 6.45) is 1.67. The molecule has 4 aromatic carbocycles. The molecule has 0 bridgehead atoms. The third kappa shape index (κ3) is 6.50. The lowest BCUT2D eigenvalue weighted by Gasteiger charge is -2.12. The zero-order valence-electron chi connectivity index (χ0n) is 21.6. The molecule has 0 unspecified atom stereocenters. The Morgan fingerprint density at radius 3 is 2.08 bits per heavy atom. The van der Waals surface area contributed by atoms with Gasteiger partial charge in [-0.15, -0.1) is 0 Å². The topological polar surface area (TPSA) is 56.4 Å². The molecule has 192 valence electrons. The fourth-order valence-corrected chi connectivity index (χ4v) is 4.35. The number of nitrogens with zero attached hydrogens (tertiary/aromatic N) is 1. The predicted molar refractivity (Wildman–Crippen MR) is 151 cm³/mol. The number of ether oxygens (including phenoxy) is 3. The van der Waals surface area contributed by atoms with E-state index in [4.69, 9.17) is 19.2 Å². The molecule has 0 aliphatic carbocycles. The molecule has 5 heteroatoms. The van der Waals surface area contributed by atoms with Crippen molar-refractivity contribution in [2.75, 3.05) is 13.7 Å². The molecule has 1 heterocycles. The Morgan fingerprint density at radius 1 is 0.684 bits per heavy atom. The Kier molecular flexibility index (Phi) is 8.49. The number of H-pyrrole nitrogens is 1. The highest BCUT2D eigenvalue weighted by Crippen LogP contribution is 2.31. The summed E-state index contributed by atoms with van der Waals surface area (Å²) >= 11 is 0. The molecule has 38 heavy (non-hydrogen) atoms. The minimum absolute atomic E-state index is 0.498. The highest BCUT2D eigenvalue weighted by Gasteiger charge is 2.14. The van der Waals surface area contributed by atoms with Gasteiger partial charge in [0, 0.05) is 24.2 Å². The van der Waals surface area contributed by atoms with E-state index in [1.54, 1.807) is 7.11 Å². The number of hydrogen-bond donors (Lipinski definition) is 1. The second-order valence-electron chi connectivity index (χ2n) is 9.05. The molecule has 0 aliphatic rings. The van der Waals surface area contributed by atoms with E-state index < -0.39 is 0 Å². The van der Waals surface area contributed by atoms with Crippen LogP contribution >= 0.6 is 0 Å². The Balaban J connectivity index is 1.15. The Morgan fingerprint density at radius 2 is 1.37 bits per heavy atom. The average Bonchev–Trinajstić information content (AvgIpc) is 3.42. The first-order valence-corrected chi connectivity index (χ1v) is 12.9. The number of aromatic amines is 1. The van der Waals surface area contributed by atoms with Crippen LogP contribution in [0.4, 0.5) is 0 Å². The van der Waals surface area contributed by atoms with Gasteiger partial charge in [-0.05, 0) is 29.7 Å². The van der Waals surface area contributed by atoms with Crippen LogP contribution in [0.3, 0.4) is 0 Å². The van der Waals surface area contributed by atoms with Gasteiger partial charge >= 0.3 is 0 Å². The van der Waals surface area contributed by atoms with Gasteiger partial charge in [-0.1, -0.05) is 97.1 Å². The summed E-state index contributed by atoms with van der Waals surface area (Å²) in [6, 6.07) is 36.7. The van der Waals surface area contributed by atoms with Crippen LogP contribution in [0.5, 0.6) is 11.5 Å². The van der Waals surface area contributed by atoms with E-state index in [0.717, 1.165) is 58.1 Å². The summed E-state index contributed by atoms with van der Waals surface area (Å²) in [7, 11) is 1.66. The number of aryl methyl sites for hydroxylation is 1. The molecule has 5 aromatic rings. The molecule has 0 aliphatic heterocycles. The molecule has 0 atom stereocenters. The van der Waals surface area contributed by atoms with Crippen molar-refractivity contribution >= 4 is 0 Å². The van der Waals surface area contributed by atoms with Crippen molar-refractivity contribution in [2.24, 2.45) is 0 Å². The zero-order valence-corrected chi connectivity index (χ0v) is 21.6. The van der Waals surface area contributed by atoms with E-state index in [-0.39, 0.29) is 0 Å². The molecule has 0 radical (unpaired) electrons. The monoisotopic (exact) mass is 504 g/mol. The van der Waals surface area contributed by atoms with Crippen LogP contribution < -0.4 is 9.47 Å². The van der Waals surface area contributed by atoms with E-state index in [1.165, 1.54) is 0 Å². The molecule has 0 spiro atoms. The molecular formula is C33H32N2O3. The van der Waals surface area contributed by atoms with Gasteiger partial charge in [-0.25, -0.2) is 4.98 Å². The van der Waals surface area contributed by atoms with Crippen LogP contribution in [0.15, 0.2) is 109 Å². The van der Waals surface area contributed by atoms with Gasteiger partial charge in [-0.2, -0.15) is 0 Å². The number of rotatable bonds is 12. The average molecular weight is 505 g/mol. The summed E-state index contributed by atoms with van der Waals surface area (Å²) in [4.78, 5) is 8.50. The van der Waals surface area contributed by atoms with Crippen LogP contribution in [0, 0.1) is 0 Å². The van der Waals surface area contributed by atoms with Gasteiger partial charge in [0.05, 0.1) is 25.1 Å². The first kappa shape index (κ1) is 25.3. The normalized spacial score (nSPS) is 10.9. The molecule has 1 aromatic heterocycles. The number of nitrogens with one attached hydrogen (secondary N) is 1. The largest absolute Gasteiger partial charge is 0.493 e. The van der Waals surface area contributed by atoms with Crippen molar-refractivity contribution in [3.63, 3.8) is 0 Å². The van der Waals surface area contributed by atoms with Gasteiger partial charge in [0.1, 0.15) is 12.4 Å². The zero-order chi connectivity index (χ0) is 26.0. The van der Waals surface area contributed by atoms with Gasteiger partial charge in [0.25, 0.3) is 0 Å². The van der Waals surface area contributed by atoms with Crippen molar-refractivity contribution in [1.82, 2.24) is 9.97 Å². The van der Waals surface area contributed by atoms with Gasteiger partial charge < -0.3 is 19.2 Å². The van der Waals surface area contributed by atoms with Crippen molar-refractivity contribution in [3.05, 3.63) is 126 Å². The highest BCUT2D eigenvalue weighted by molar-refractivity contribution is 5.78. The van der Waals surface area contributed by atoms with E-state index >= 15 is 0 Å². The maximum absolute atomic E-state index is 5.98. The van der Waals surface area contributed by atoms with Crippen LogP contribution in [0.25, 0.3) is 22.5 Å². The number of methoxy groups -OCH3 is 1. The minimum Gasteiger partial charge on any atom is -0.493 e. The molecule has 0 fully saturated rings. The van der Waals surface area contributed by atoms with E-state index in [0.29, 0.717) is 25.6 Å². The standard InChI is InChI=1S/C33H32N2O3/c1-36-30-22-26(19-20-29(30)38-24-25-12-5-2-6-13-25)23-37-21-11-18-31-34-32(27-14-7-3-8-15-27)33(35-31)28-16-9-4-10-17-28/h2-10,12-17,19-20,22H,11,18,21,23-24H2,1H3,(H,34,35). The lowest BCUT2D eigenvalue weighted by atomic mass is 10.1. The van der Waals surface area contributed by atoms with Gasteiger partial charge in [0.2, 0.25) is 0 Å². The lowest BCUT2D eigenvalue weighted by molar-refractivity contribution is 0.118. The Hall–Kier alpha value is -4.35. The summed E-state index contributed by atoms with van der Waals surface area (Å²) in [6.45, 7) is 1.65. The maximum Gasteiger partial charge on any atom is 0.161 e. The van der Waals surface area contributed by atoms with Crippen LogP contribution in [0.1, 0.15) is 23.4 Å². The second-order valence-corrected chi connectivity index (χ2v) is 9.05. The molecule has 0 amide bonds. The number of benzene rings is 4. The second kappa shape index (κ2) is 12.7. The molecule has 0 saturated heterocycles.